The molecule has 0 radical (unpaired) electrons. The van der Waals surface area contributed by atoms with Gasteiger partial charge in [0.05, 0.1) is 12.3 Å². The Bertz CT molecular complexity index is 755. The van der Waals surface area contributed by atoms with Crippen molar-refractivity contribution >= 4 is 11.6 Å². The van der Waals surface area contributed by atoms with Crippen molar-refractivity contribution in [3.05, 3.63) is 72.4 Å². The van der Waals surface area contributed by atoms with E-state index in [0.29, 0.717) is 5.57 Å². The van der Waals surface area contributed by atoms with Crippen molar-refractivity contribution in [3.63, 3.8) is 0 Å². The number of carbonyl (C=O) groups excluding carboxylic acids is 1. The van der Waals surface area contributed by atoms with E-state index in [1.165, 1.54) is 19.1 Å². The van der Waals surface area contributed by atoms with Gasteiger partial charge in [-0.15, -0.1) is 0 Å². The Morgan fingerprint density at radius 1 is 1.46 bits per heavy atom. The summed E-state index contributed by atoms with van der Waals surface area (Å²) in [5.74, 6) is -1.71. The number of nitrogens with zero attached hydrogens (tertiary/aromatic N) is 2. The van der Waals surface area contributed by atoms with E-state index in [1.54, 1.807) is 6.08 Å². The Kier molecular flexibility index (Phi) is 5.09. The molecule has 126 valence electrons. The molecule has 6 heteroatoms. The molecule has 0 spiro atoms. The standard InChI is InChI=1S/C18H18F2N2O2/c1-4-6-13(5-2)18(11-23)10-17(21-22(18)12(3)24)15-9-14(19)7-8-16(15)20/h4-9,23H,1-2,10-11H2,3H3/b13-6+. The highest BCUT2D eigenvalue weighted by Crippen LogP contribution is 2.37. The van der Waals surface area contributed by atoms with E-state index in [-0.39, 0.29) is 17.7 Å². The Hall–Kier alpha value is -2.60. The van der Waals surface area contributed by atoms with Crippen molar-refractivity contribution in [2.45, 2.75) is 18.9 Å². The molecule has 0 fully saturated rings. The van der Waals surface area contributed by atoms with Gasteiger partial charge >= 0.3 is 0 Å². The van der Waals surface area contributed by atoms with Crippen molar-refractivity contribution < 1.29 is 18.7 Å². The maximum atomic E-state index is 14.1. The van der Waals surface area contributed by atoms with Crippen molar-refractivity contribution in [1.29, 1.82) is 0 Å². The van der Waals surface area contributed by atoms with Crippen LogP contribution in [-0.2, 0) is 4.79 Å². The fourth-order valence-electron chi connectivity index (χ4n) is 2.82. The summed E-state index contributed by atoms with van der Waals surface area (Å²) >= 11 is 0. The monoisotopic (exact) mass is 332 g/mol. The fraction of sp³-hybridized carbons (Fsp3) is 0.222. The van der Waals surface area contributed by atoms with E-state index in [2.05, 4.69) is 18.3 Å². The molecule has 1 N–H and O–H groups in total. The zero-order valence-electron chi connectivity index (χ0n) is 13.3. The first-order valence-corrected chi connectivity index (χ1v) is 7.30. The third kappa shape index (κ3) is 2.92. The molecule has 1 aromatic rings. The van der Waals surface area contributed by atoms with Crippen LogP contribution in [0.15, 0.2) is 60.3 Å². The van der Waals surface area contributed by atoms with Crippen LogP contribution >= 0.6 is 0 Å². The van der Waals surface area contributed by atoms with Gasteiger partial charge in [0, 0.05) is 18.9 Å². The van der Waals surface area contributed by atoms with Crippen LogP contribution in [0.2, 0.25) is 0 Å². The molecule has 1 aromatic carbocycles. The number of hydrogen-bond acceptors (Lipinski definition) is 3. The molecule has 0 aromatic heterocycles. The minimum Gasteiger partial charge on any atom is -0.393 e. The minimum absolute atomic E-state index is 0.0230. The Labute approximate surface area is 139 Å². The van der Waals surface area contributed by atoms with Crippen LogP contribution in [0.1, 0.15) is 18.9 Å². The fourth-order valence-corrected chi connectivity index (χ4v) is 2.82. The topological polar surface area (TPSA) is 52.9 Å². The minimum atomic E-state index is -1.23. The number of halogens is 2. The van der Waals surface area contributed by atoms with Gasteiger partial charge in [0.1, 0.15) is 17.2 Å². The van der Waals surface area contributed by atoms with Crippen LogP contribution in [0.5, 0.6) is 0 Å². The smallest absolute Gasteiger partial charge is 0.240 e. The van der Waals surface area contributed by atoms with Crippen LogP contribution in [0.4, 0.5) is 8.78 Å². The summed E-state index contributed by atoms with van der Waals surface area (Å²) in [5.41, 5.74) is -0.590. The van der Waals surface area contributed by atoms with Crippen LogP contribution in [0.3, 0.4) is 0 Å². The highest BCUT2D eigenvalue weighted by Gasteiger charge is 2.47. The molecule has 2 rings (SSSR count). The molecule has 1 heterocycles. The lowest BCUT2D eigenvalue weighted by Crippen LogP contribution is -2.49. The van der Waals surface area contributed by atoms with Gasteiger partial charge in [-0.3, -0.25) is 4.79 Å². The molecular weight excluding hydrogens is 314 g/mol. The highest BCUT2D eigenvalue weighted by atomic mass is 19.1. The summed E-state index contributed by atoms with van der Waals surface area (Å²) in [4.78, 5) is 12.0. The van der Waals surface area contributed by atoms with Gasteiger partial charge in [0.15, 0.2) is 0 Å². The summed E-state index contributed by atoms with van der Waals surface area (Å²) in [6.45, 7) is 8.12. The summed E-state index contributed by atoms with van der Waals surface area (Å²) in [6, 6.07) is 3.02. The molecule has 0 saturated heterocycles. The van der Waals surface area contributed by atoms with Gasteiger partial charge in [0.25, 0.3) is 0 Å². The predicted octanol–water partition coefficient (Wildman–Crippen LogP) is 2.95. The summed E-state index contributed by atoms with van der Waals surface area (Å²) in [5, 5.41) is 15.2. The number of hydrogen-bond donors (Lipinski definition) is 1. The molecule has 1 amide bonds. The molecule has 1 aliphatic heterocycles. The molecule has 1 atom stereocenters. The van der Waals surface area contributed by atoms with Crippen LogP contribution in [0.25, 0.3) is 0 Å². The molecule has 1 aliphatic rings. The number of allylic oxidation sites excluding steroid dienone is 2. The number of aliphatic hydroxyl groups excluding tert-OH is 1. The molecule has 24 heavy (non-hydrogen) atoms. The van der Waals surface area contributed by atoms with Gasteiger partial charge in [-0.1, -0.05) is 31.4 Å². The molecule has 1 unspecified atom stereocenters. The third-order valence-corrected chi connectivity index (χ3v) is 3.94. The summed E-state index contributed by atoms with van der Waals surface area (Å²) < 4.78 is 27.6. The number of amides is 1. The van der Waals surface area contributed by atoms with Crippen molar-refractivity contribution in [2.24, 2.45) is 5.10 Å². The second kappa shape index (κ2) is 6.88. The largest absolute Gasteiger partial charge is 0.393 e. The van der Waals surface area contributed by atoms with E-state index in [9.17, 15) is 18.7 Å². The predicted molar refractivity (Wildman–Crippen MR) is 88.3 cm³/mol. The second-order valence-corrected chi connectivity index (χ2v) is 5.43. The number of hydrazone groups is 1. The molecule has 0 saturated carbocycles. The van der Waals surface area contributed by atoms with Gasteiger partial charge in [0.2, 0.25) is 5.91 Å². The third-order valence-electron chi connectivity index (χ3n) is 3.94. The summed E-state index contributed by atoms with van der Waals surface area (Å²) in [6.07, 6.45) is 4.59. The van der Waals surface area contributed by atoms with E-state index in [4.69, 9.17) is 0 Å². The van der Waals surface area contributed by atoms with Crippen LogP contribution < -0.4 is 0 Å². The van der Waals surface area contributed by atoms with Gasteiger partial charge < -0.3 is 5.11 Å². The summed E-state index contributed by atoms with van der Waals surface area (Å²) in [7, 11) is 0. The van der Waals surface area contributed by atoms with Crippen LogP contribution in [0, 0.1) is 11.6 Å². The molecular formula is C18H18F2N2O2. The van der Waals surface area contributed by atoms with Crippen molar-refractivity contribution in [2.75, 3.05) is 6.61 Å². The number of benzene rings is 1. The first-order valence-electron chi connectivity index (χ1n) is 7.30. The average molecular weight is 332 g/mol. The van der Waals surface area contributed by atoms with Gasteiger partial charge in [-0.05, 0) is 23.8 Å². The zero-order chi connectivity index (χ0) is 17.9. The number of aliphatic hydroxyl groups is 1. The van der Waals surface area contributed by atoms with E-state index in [0.717, 1.165) is 23.2 Å². The first kappa shape index (κ1) is 17.7. The Morgan fingerprint density at radius 3 is 2.71 bits per heavy atom. The first-order chi connectivity index (χ1) is 11.4. The SMILES string of the molecule is C=C/C=C(\C=C)C1(CO)CC(c2cc(F)ccc2F)=NN1C(C)=O. The van der Waals surface area contributed by atoms with E-state index in [1.807, 2.05) is 0 Å². The van der Waals surface area contributed by atoms with Crippen LogP contribution in [-0.4, -0.2) is 33.9 Å². The maximum Gasteiger partial charge on any atom is 0.240 e. The Balaban J connectivity index is 2.60. The molecule has 4 nitrogen and oxygen atoms in total. The quantitative estimate of drug-likeness (QED) is 0.843. The van der Waals surface area contributed by atoms with Gasteiger partial charge in [-0.25, -0.2) is 13.8 Å². The lowest BCUT2D eigenvalue weighted by Gasteiger charge is -2.35. The number of rotatable bonds is 5. The Morgan fingerprint density at radius 2 is 2.17 bits per heavy atom. The van der Waals surface area contributed by atoms with E-state index >= 15 is 0 Å². The van der Waals surface area contributed by atoms with Crippen molar-refractivity contribution in [3.8, 4) is 0 Å². The van der Waals surface area contributed by atoms with Gasteiger partial charge in [-0.2, -0.15) is 5.10 Å². The lowest BCUT2D eigenvalue weighted by atomic mass is 9.83. The zero-order valence-corrected chi connectivity index (χ0v) is 13.3. The van der Waals surface area contributed by atoms with E-state index < -0.39 is 29.7 Å². The molecule has 0 aliphatic carbocycles. The lowest BCUT2D eigenvalue weighted by molar-refractivity contribution is -0.134. The maximum absolute atomic E-state index is 14.1. The highest BCUT2D eigenvalue weighted by molar-refractivity contribution is 6.04. The average Bonchev–Trinajstić information content (AvgIpc) is 2.95. The van der Waals surface area contributed by atoms with Crippen molar-refractivity contribution in [1.82, 2.24) is 5.01 Å². The second-order valence-electron chi connectivity index (χ2n) is 5.43. The molecule has 0 bridgehead atoms. The normalized spacial score (nSPS) is 20.8. The number of carbonyl (C=O) groups is 1.